The fourth-order valence-corrected chi connectivity index (χ4v) is 1.57. The van der Waals surface area contributed by atoms with E-state index in [4.69, 9.17) is 4.74 Å². The Hall–Kier alpha value is -0.890. The van der Waals surface area contributed by atoms with Gasteiger partial charge in [-0.25, -0.2) is 0 Å². The molecule has 0 aromatic rings. The van der Waals surface area contributed by atoms with Crippen molar-refractivity contribution >= 4 is 0 Å². The number of aliphatic hydroxyl groups is 1. The molecular weight excluding hydrogens is 311 g/mol. The molecule has 3 nitrogen and oxygen atoms in total. The number of ether oxygens (including phenoxy) is 2. The van der Waals surface area contributed by atoms with Gasteiger partial charge in [0.1, 0.15) is 6.61 Å². The van der Waals surface area contributed by atoms with Gasteiger partial charge in [0.15, 0.2) is 0 Å². The lowest BCUT2D eigenvalue weighted by Crippen LogP contribution is -2.42. The molecule has 2 unspecified atom stereocenters. The average Bonchev–Trinajstić information content (AvgIpc) is 2.33. The highest BCUT2D eigenvalue weighted by Gasteiger charge is 2.57. The van der Waals surface area contributed by atoms with Crippen LogP contribution in [0.4, 0.5) is 22.0 Å². The maximum absolute atomic E-state index is 12.8. The van der Waals surface area contributed by atoms with Crippen molar-refractivity contribution in [2.45, 2.75) is 52.3 Å². The quantitative estimate of drug-likeness (QED) is 0.499. The SMILES string of the molecule is CCC(C)OCC(C)(/C=C(\C)O)COCC(F)(F)C(F)(F)F. The van der Waals surface area contributed by atoms with Crippen molar-refractivity contribution in [3.63, 3.8) is 0 Å². The summed E-state index contributed by atoms with van der Waals surface area (Å²) in [5.41, 5.74) is -1.01. The van der Waals surface area contributed by atoms with Gasteiger partial charge in [-0.1, -0.05) is 13.8 Å². The van der Waals surface area contributed by atoms with Crippen molar-refractivity contribution in [2.24, 2.45) is 5.41 Å². The molecule has 0 aromatic heterocycles. The topological polar surface area (TPSA) is 38.7 Å². The molecule has 0 saturated heterocycles. The van der Waals surface area contributed by atoms with E-state index in [1.54, 1.807) is 13.8 Å². The minimum atomic E-state index is -5.65. The van der Waals surface area contributed by atoms with E-state index in [0.29, 0.717) is 6.42 Å². The maximum atomic E-state index is 12.8. The zero-order chi connectivity index (χ0) is 17.6. The van der Waals surface area contributed by atoms with Gasteiger partial charge < -0.3 is 14.6 Å². The largest absolute Gasteiger partial charge is 0.513 e. The molecule has 0 aliphatic rings. The van der Waals surface area contributed by atoms with Crippen LogP contribution in [0.3, 0.4) is 0 Å². The van der Waals surface area contributed by atoms with E-state index in [0.717, 1.165) is 0 Å². The molecule has 0 rings (SSSR count). The lowest BCUT2D eigenvalue weighted by Gasteiger charge is -2.29. The zero-order valence-corrected chi connectivity index (χ0v) is 13.1. The Kier molecular flexibility index (Phi) is 7.77. The highest BCUT2D eigenvalue weighted by atomic mass is 19.4. The molecule has 8 heteroatoms. The minimum absolute atomic E-state index is 0.0253. The van der Waals surface area contributed by atoms with Crippen molar-refractivity contribution in [1.29, 1.82) is 0 Å². The van der Waals surface area contributed by atoms with E-state index < -0.39 is 30.7 Å². The van der Waals surface area contributed by atoms with E-state index in [-0.39, 0.29) is 18.5 Å². The fourth-order valence-electron chi connectivity index (χ4n) is 1.57. The summed E-state index contributed by atoms with van der Waals surface area (Å²) in [6, 6.07) is 0. The average molecular weight is 334 g/mol. The highest BCUT2D eigenvalue weighted by Crippen LogP contribution is 2.36. The maximum Gasteiger partial charge on any atom is 0.455 e. The summed E-state index contributed by atoms with van der Waals surface area (Å²) < 4.78 is 71.8. The van der Waals surface area contributed by atoms with Gasteiger partial charge in [-0.05, 0) is 26.3 Å². The van der Waals surface area contributed by atoms with Crippen LogP contribution in [-0.2, 0) is 9.47 Å². The summed E-state index contributed by atoms with van der Waals surface area (Å²) in [5.74, 6) is -5.01. The number of hydrogen-bond acceptors (Lipinski definition) is 3. The second kappa shape index (κ2) is 8.10. The van der Waals surface area contributed by atoms with E-state index >= 15 is 0 Å². The molecule has 132 valence electrons. The van der Waals surface area contributed by atoms with Crippen molar-refractivity contribution in [2.75, 3.05) is 19.8 Å². The smallest absolute Gasteiger partial charge is 0.455 e. The summed E-state index contributed by atoms with van der Waals surface area (Å²) in [4.78, 5) is 0. The molecule has 0 bridgehead atoms. The van der Waals surface area contributed by atoms with Gasteiger partial charge in [0.05, 0.1) is 25.1 Å². The monoisotopic (exact) mass is 334 g/mol. The molecule has 0 heterocycles. The first-order chi connectivity index (χ1) is 9.83. The van der Waals surface area contributed by atoms with Crippen molar-refractivity contribution < 1.29 is 36.5 Å². The van der Waals surface area contributed by atoms with Crippen LogP contribution in [0, 0.1) is 5.41 Å². The molecule has 0 aliphatic heterocycles. The first kappa shape index (κ1) is 21.1. The van der Waals surface area contributed by atoms with Crippen LogP contribution in [0.25, 0.3) is 0 Å². The van der Waals surface area contributed by atoms with Gasteiger partial charge in [0.2, 0.25) is 0 Å². The molecule has 0 radical (unpaired) electrons. The van der Waals surface area contributed by atoms with Crippen molar-refractivity contribution in [1.82, 2.24) is 0 Å². The van der Waals surface area contributed by atoms with Crippen molar-refractivity contribution in [3.8, 4) is 0 Å². The predicted molar refractivity (Wildman–Crippen MR) is 72.0 cm³/mol. The fraction of sp³-hybridized carbons (Fsp3) is 0.857. The summed E-state index contributed by atoms with van der Waals surface area (Å²) in [5, 5.41) is 9.32. The van der Waals surface area contributed by atoms with Gasteiger partial charge in [0, 0.05) is 5.41 Å². The molecule has 0 aromatic carbocycles. The third kappa shape index (κ3) is 7.40. The standard InChI is InChI=1S/C14H23F5O3/c1-5-11(3)22-8-12(4,6-10(2)20)7-21-9-13(15,16)14(17,18)19/h6,11,20H,5,7-9H2,1-4H3/b10-6+. The van der Waals surface area contributed by atoms with Crippen LogP contribution >= 0.6 is 0 Å². The minimum Gasteiger partial charge on any atom is -0.513 e. The van der Waals surface area contributed by atoms with Crippen molar-refractivity contribution in [3.05, 3.63) is 11.8 Å². The number of halogens is 5. The zero-order valence-electron chi connectivity index (χ0n) is 13.1. The second-order valence-corrected chi connectivity index (χ2v) is 5.66. The molecule has 2 atom stereocenters. The highest BCUT2D eigenvalue weighted by molar-refractivity contribution is 5.00. The van der Waals surface area contributed by atoms with Gasteiger partial charge >= 0.3 is 12.1 Å². The molecule has 0 fully saturated rings. The lowest BCUT2D eigenvalue weighted by atomic mass is 9.92. The van der Waals surface area contributed by atoms with Gasteiger partial charge in [0.25, 0.3) is 0 Å². The van der Waals surface area contributed by atoms with Gasteiger partial charge in [-0.15, -0.1) is 0 Å². The van der Waals surface area contributed by atoms with E-state index in [1.165, 1.54) is 13.0 Å². The summed E-state index contributed by atoms with van der Waals surface area (Å²) in [6.07, 6.45) is -3.73. The molecule has 0 aliphatic carbocycles. The number of hydrogen-bond donors (Lipinski definition) is 1. The molecule has 1 N–H and O–H groups in total. The number of aliphatic hydroxyl groups excluding tert-OH is 1. The van der Waals surface area contributed by atoms with E-state index in [9.17, 15) is 27.1 Å². The van der Waals surface area contributed by atoms with Crippen LogP contribution in [0.5, 0.6) is 0 Å². The first-order valence-corrected chi connectivity index (χ1v) is 6.85. The number of rotatable bonds is 9. The van der Waals surface area contributed by atoms with Gasteiger partial charge in [-0.2, -0.15) is 22.0 Å². The third-order valence-corrected chi connectivity index (χ3v) is 2.96. The normalized spacial score (nSPS) is 18.1. The first-order valence-electron chi connectivity index (χ1n) is 6.85. The Balaban J connectivity index is 4.71. The van der Waals surface area contributed by atoms with Gasteiger partial charge in [-0.3, -0.25) is 0 Å². The third-order valence-electron chi connectivity index (χ3n) is 2.96. The van der Waals surface area contributed by atoms with Crippen LogP contribution in [-0.4, -0.2) is 43.1 Å². The van der Waals surface area contributed by atoms with Crippen LogP contribution in [0.2, 0.25) is 0 Å². The molecule has 0 saturated carbocycles. The van der Waals surface area contributed by atoms with E-state index in [2.05, 4.69) is 4.74 Å². The molecule has 22 heavy (non-hydrogen) atoms. The summed E-state index contributed by atoms with van der Waals surface area (Å²) in [6.45, 7) is 4.41. The predicted octanol–water partition coefficient (Wildman–Crippen LogP) is 4.48. The Morgan fingerprint density at radius 2 is 1.68 bits per heavy atom. The second-order valence-electron chi connectivity index (χ2n) is 5.66. The van der Waals surface area contributed by atoms with Crippen LogP contribution in [0.1, 0.15) is 34.1 Å². The summed E-state index contributed by atoms with van der Waals surface area (Å²) >= 11 is 0. The molecule has 0 spiro atoms. The van der Waals surface area contributed by atoms with Crippen LogP contribution < -0.4 is 0 Å². The Morgan fingerprint density at radius 1 is 1.14 bits per heavy atom. The Bertz CT molecular complexity index is 364. The summed E-state index contributed by atoms with van der Waals surface area (Å²) in [7, 11) is 0. The lowest BCUT2D eigenvalue weighted by molar-refractivity contribution is -0.298. The Labute approximate surface area is 127 Å². The van der Waals surface area contributed by atoms with Crippen LogP contribution in [0.15, 0.2) is 11.8 Å². The molecular formula is C14H23F5O3. The van der Waals surface area contributed by atoms with E-state index in [1.807, 2.05) is 6.92 Å². The molecule has 0 amide bonds. The number of allylic oxidation sites excluding steroid dienone is 1. The number of alkyl halides is 5. The Morgan fingerprint density at radius 3 is 2.09 bits per heavy atom.